The second-order valence-corrected chi connectivity index (χ2v) is 2.27. The van der Waals surface area contributed by atoms with E-state index in [9.17, 15) is 4.79 Å². The maximum Gasteiger partial charge on any atom is 0.288 e. The van der Waals surface area contributed by atoms with Crippen molar-refractivity contribution in [3.63, 3.8) is 0 Å². The minimum atomic E-state index is -0.634. The molecule has 0 unspecified atom stereocenters. The fraction of sp³-hybridized carbons (Fsp3) is 0. The van der Waals surface area contributed by atoms with Gasteiger partial charge >= 0.3 is 0 Å². The Morgan fingerprint density at radius 2 is 2.42 bits per heavy atom. The molecule has 0 spiro atoms. The number of hydrogen-bond acceptors (Lipinski definition) is 4. The van der Waals surface area contributed by atoms with Gasteiger partial charge in [-0.3, -0.25) is 9.78 Å². The van der Waals surface area contributed by atoms with Crippen LogP contribution in [-0.4, -0.2) is 16.0 Å². The van der Waals surface area contributed by atoms with E-state index in [1.807, 2.05) is 0 Å². The van der Waals surface area contributed by atoms with E-state index >= 15 is 0 Å². The average molecular weight is 163 g/mol. The van der Waals surface area contributed by atoms with E-state index < -0.39 is 5.91 Å². The molecular formula is C7H5N3O2. The highest BCUT2D eigenvalue weighted by Crippen LogP contribution is 2.15. The molecule has 5 heteroatoms. The third-order valence-electron chi connectivity index (χ3n) is 1.50. The number of nitrogens with two attached hydrogens (primary N) is 1. The van der Waals surface area contributed by atoms with Crippen molar-refractivity contribution in [1.82, 2.24) is 10.1 Å². The van der Waals surface area contributed by atoms with Crippen molar-refractivity contribution in [2.45, 2.75) is 0 Å². The molecule has 0 aliphatic carbocycles. The summed E-state index contributed by atoms with van der Waals surface area (Å²) in [5.41, 5.74) is 5.61. The summed E-state index contributed by atoms with van der Waals surface area (Å²) < 4.78 is 4.71. The third-order valence-corrected chi connectivity index (χ3v) is 1.50. The standard InChI is InChI=1S/C7H5N3O2/c8-7(11)6-4-3-9-2-1-5(4)10-12-6/h1-3H,(H2,8,11). The van der Waals surface area contributed by atoms with Gasteiger partial charge in [0.05, 0.1) is 5.39 Å². The number of fused-ring (bicyclic) bond motifs is 1. The summed E-state index contributed by atoms with van der Waals surface area (Å²) in [5, 5.41) is 4.17. The van der Waals surface area contributed by atoms with Crippen LogP contribution >= 0.6 is 0 Å². The maximum atomic E-state index is 10.7. The summed E-state index contributed by atoms with van der Waals surface area (Å²) in [5.74, 6) is -0.580. The van der Waals surface area contributed by atoms with Gasteiger partial charge in [0.25, 0.3) is 5.91 Å². The Morgan fingerprint density at radius 1 is 1.58 bits per heavy atom. The van der Waals surface area contributed by atoms with Gasteiger partial charge in [-0.25, -0.2) is 0 Å². The van der Waals surface area contributed by atoms with Crippen molar-refractivity contribution in [3.05, 3.63) is 24.2 Å². The Hall–Kier alpha value is -1.91. The molecule has 12 heavy (non-hydrogen) atoms. The number of primary amides is 1. The van der Waals surface area contributed by atoms with Gasteiger partial charge in [0.2, 0.25) is 5.76 Å². The quantitative estimate of drug-likeness (QED) is 0.656. The number of amides is 1. The molecule has 2 N–H and O–H groups in total. The Labute approximate surface area is 67.2 Å². The van der Waals surface area contributed by atoms with E-state index in [0.717, 1.165) is 0 Å². The van der Waals surface area contributed by atoms with Gasteiger partial charge < -0.3 is 10.3 Å². The first-order chi connectivity index (χ1) is 5.79. The van der Waals surface area contributed by atoms with Crippen LogP contribution in [0.5, 0.6) is 0 Å². The highest BCUT2D eigenvalue weighted by molar-refractivity contribution is 6.02. The Kier molecular flexibility index (Phi) is 1.30. The summed E-state index contributed by atoms with van der Waals surface area (Å²) >= 11 is 0. The summed E-state index contributed by atoms with van der Waals surface area (Å²) in [4.78, 5) is 14.6. The lowest BCUT2D eigenvalue weighted by molar-refractivity contribution is 0.0967. The first-order valence-corrected chi connectivity index (χ1v) is 3.28. The largest absolute Gasteiger partial charge is 0.363 e. The van der Waals surface area contributed by atoms with Gasteiger partial charge in [0.1, 0.15) is 5.52 Å². The minimum absolute atomic E-state index is 0.0538. The van der Waals surface area contributed by atoms with E-state index in [1.54, 1.807) is 12.3 Å². The topological polar surface area (TPSA) is 82.0 Å². The van der Waals surface area contributed by atoms with Crippen LogP contribution in [0.3, 0.4) is 0 Å². The zero-order chi connectivity index (χ0) is 8.55. The lowest BCUT2D eigenvalue weighted by Gasteiger charge is -1.85. The molecule has 0 aliphatic heterocycles. The average Bonchev–Trinajstić information content (AvgIpc) is 2.47. The van der Waals surface area contributed by atoms with E-state index in [0.29, 0.717) is 10.9 Å². The lowest BCUT2D eigenvalue weighted by atomic mass is 10.2. The third kappa shape index (κ3) is 0.833. The molecule has 5 nitrogen and oxygen atoms in total. The first-order valence-electron chi connectivity index (χ1n) is 3.28. The van der Waals surface area contributed by atoms with E-state index in [2.05, 4.69) is 10.1 Å². The Morgan fingerprint density at radius 3 is 3.17 bits per heavy atom. The van der Waals surface area contributed by atoms with Crippen LogP contribution < -0.4 is 5.73 Å². The molecule has 0 aromatic carbocycles. The van der Waals surface area contributed by atoms with Crippen molar-refractivity contribution in [1.29, 1.82) is 0 Å². The number of rotatable bonds is 1. The van der Waals surface area contributed by atoms with E-state index in [4.69, 9.17) is 10.3 Å². The number of hydrogen-bond donors (Lipinski definition) is 1. The van der Waals surface area contributed by atoms with Crippen LogP contribution in [0, 0.1) is 0 Å². The molecule has 2 aromatic heterocycles. The van der Waals surface area contributed by atoms with Crippen LogP contribution in [0.2, 0.25) is 0 Å². The molecule has 60 valence electrons. The molecule has 0 aliphatic rings. The predicted octanol–water partition coefficient (Wildman–Crippen LogP) is 0.322. The van der Waals surface area contributed by atoms with Crippen molar-refractivity contribution < 1.29 is 9.32 Å². The van der Waals surface area contributed by atoms with Gasteiger partial charge in [0, 0.05) is 12.4 Å². The molecule has 2 heterocycles. The smallest absolute Gasteiger partial charge is 0.288 e. The van der Waals surface area contributed by atoms with Crippen LogP contribution in [0.15, 0.2) is 23.0 Å². The monoisotopic (exact) mass is 163 g/mol. The number of carbonyl (C=O) groups excluding carboxylic acids is 1. The van der Waals surface area contributed by atoms with Gasteiger partial charge in [0.15, 0.2) is 0 Å². The molecule has 1 amide bonds. The fourth-order valence-electron chi connectivity index (χ4n) is 0.963. The molecule has 2 rings (SSSR count). The normalized spacial score (nSPS) is 10.3. The molecule has 0 bridgehead atoms. The van der Waals surface area contributed by atoms with Gasteiger partial charge in [-0.1, -0.05) is 5.16 Å². The SMILES string of the molecule is NC(=O)c1onc2ccncc12. The zero-order valence-electron chi connectivity index (χ0n) is 6.02. The van der Waals surface area contributed by atoms with Crippen molar-refractivity contribution in [3.8, 4) is 0 Å². The van der Waals surface area contributed by atoms with Crippen molar-refractivity contribution >= 4 is 16.8 Å². The number of aromatic nitrogens is 2. The number of pyridine rings is 1. The summed E-state index contributed by atoms with van der Waals surface area (Å²) in [6, 6.07) is 1.64. The van der Waals surface area contributed by atoms with Gasteiger partial charge in [-0.05, 0) is 6.07 Å². The maximum absolute atomic E-state index is 10.7. The van der Waals surface area contributed by atoms with Gasteiger partial charge in [-0.15, -0.1) is 0 Å². The minimum Gasteiger partial charge on any atom is -0.363 e. The zero-order valence-corrected chi connectivity index (χ0v) is 6.02. The number of nitrogens with zero attached hydrogens (tertiary/aromatic N) is 2. The summed E-state index contributed by atoms with van der Waals surface area (Å²) in [6.07, 6.45) is 3.06. The molecule has 0 saturated heterocycles. The molecule has 0 fully saturated rings. The second kappa shape index (κ2) is 2.30. The fourth-order valence-corrected chi connectivity index (χ4v) is 0.963. The van der Waals surface area contributed by atoms with Crippen LogP contribution in [-0.2, 0) is 0 Å². The Balaban J connectivity index is 2.79. The van der Waals surface area contributed by atoms with E-state index in [1.165, 1.54) is 6.20 Å². The van der Waals surface area contributed by atoms with Crippen molar-refractivity contribution in [2.24, 2.45) is 5.73 Å². The second-order valence-electron chi connectivity index (χ2n) is 2.27. The molecule has 0 atom stereocenters. The molecule has 0 saturated carbocycles. The first kappa shape index (κ1) is 6.78. The predicted molar refractivity (Wildman–Crippen MR) is 40.3 cm³/mol. The molecule has 0 radical (unpaired) electrons. The molecular weight excluding hydrogens is 158 g/mol. The van der Waals surface area contributed by atoms with Gasteiger partial charge in [-0.2, -0.15) is 0 Å². The van der Waals surface area contributed by atoms with Crippen LogP contribution in [0.25, 0.3) is 10.9 Å². The summed E-state index contributed by atoms with van der Waals surface area (Å²) in [6.45, 7) is 0. The highest BCUT2D eigenvalue weighted by Gasteiger charge is 2.12. The Bertz CT molecular complexity index is 435. The van der Waals surface area contributed by atoms with E-state index in [-0.39, 0.29) is 5.76 Å². The van der Waals surface area contributed by atoms with Crippen LogP contribution in [0.4, 0.5) is 0 Å². The molecule has 2 aromatic rings. The van der Waals surface area contributed by atoms with Crippen molar-refractivity contribution in [2.75, 3.05) is 0 Å². The highest BCUT2D eigenvalue weighted by atomic mass is 16.5. The van der Waals surface area contributed by atoms with Crippen LogP contribution in [0.1, 0.15) is 10.6 Å². The summed E-state index contributed by atoms with van der Waals surface area (Å²) in [7, 11) is 0. The number of carbonyl (C=O) groups is 1. The lowest BCUT2D eigenvalue weighted by Crippen LogP contribution is -2.09.